The van der Waals surface area contributed by atoms with Gasteiger partial charge >= 0.3 is 5.97 Å². The highest BCUT2D eigenvalue weighted by molar-refractivity contribution is 5.76. The van der Waals surface area contributed by atoms with Crippen molar-refractivity contribution in [1.29, 1.82) is 0 Å². The van der Waals surface area contributed by atoms with E-state index in [9.17, 15) is 9.59 Å². The highest BCUT2D eigenvalue weighted by atomic mass is 16.4. The van der Waals surface area contributed by atoms with Crippen LogP contribution < -0.4 is 11.1 Å². The number of hydrogen-bond acceptors (Lipinski definition) is 3. The Hall–Kier alpha value is -1.10. The molecule has 0 aromatic carbocycles. The fourth-order valence-electron chi connectivity index (χ4n) is 2.43. The molecule has 5 nitrogen and oxygen atoms in total. The molecule has 4 N–H and O–H groups in total. The Morgan fingerprint density at radius 3 is 2.78 bits per heavy atom. The third-order valence-corrected chi connectivity index (χ3v) is 3.45. The molecule has 0 aromatic rings. The van der Waals surface area contributed by atoms with Crippen LogP contribution in [0.25, 0.3) is 0 Å². The average molecular weight is 256 g/mol. The Morgan fingerprint density at radius 1 is 1.44 bits per heavy atom. The van der Waals surface area contributed by atoms with Gasteiger partial charge < -0.3 is 16.2 Å². The topological polar surface area (TPSA) is 92.4 Å². The van der Waals surface area contributed by atoms with Gasteiger partial charge in [-0.2, -0.15) is 0 Å². The summed E-state index contributed by atoms with van der Waals surface area (Å²) < 4.78 is 0. The number of carboxylic acids is 1. The number of nitrogens with two attached hydrogens (primary N) is 1. The van der Waals surface area contributed by atoms with E-state index in [1.165, 1.54) is 0 Å². The number of nitrogens with one attached hydrogen (secondary N) is 1. The summed E-state index contributed by atoms with van der Waals surface area (Å²) in [5.41, 5.74) is 5.62. The summed E-state index contributed by atoms with van der Waals surface area (Å²) in [6.07, 6.45) is 5.18. The fraction of sp³-hybridized carbons (Fsp3) is 0.846. The van der Waals surface area contributed by atoms with Crippen LogP contribution in [0.2, 0.25) is 0 Å². The van der Waals surface area contributed by atoms with Gasteiger partial charge in [0.1, 0.15) is 0 Å². The predicted molar refractivity (Wildman–Crippen MR) is 69.0 cm³/mol. The summed E-state index contributed by atoms with van der Waals surface area (Å²) >= 11 is 0. The molecule has 1 saturated carbocycles. The largest absolute Gasteiger partial charge is 0.481 e. The van der Waals surface area contributed by atoms with Crippen LogP contribution in [-0.2, 0) is 9.59 Å². The van der Waals surface area contributed by atoms with E-state index in [1.54, 1.807) is 0 Å². The fourth-order valence-corrected chi connectivity index (χ4v) is 2.43. The SMILES string of the molecule is CC(N)CCCC(=O)NC1CCCC(C(=O)O)C1. The second-order valence-electron chi connectivity index (χ2n) is 5.34. The minimum Gasteiger partial charge on any atom is -0.481 e. The van der Waals surface area contributed by atoms with Gasteiger partial charge in [-0.05, 0) is 39.0 Å². The van der Waals surface area contributed by atoms with Gasteiger partial charge in [0.05, 0.1) is 5.92 Å². The highest BCUT2D eigenvalue weighted by Crippen LogP contribution is 2.24. The van der Waals surface area contributed by atoms with E-state index in [0.717, 1.165) is 32.1 Å². The maximum Gasteiger partial charge on any atom is 0.306 e. The number of carbonyl (C=O) groups is 2. The highest BCUT2D eigenvalue weighted by Gasteiger charge is 2.27. The van der Waals surface area contributed by atoms with Crippen molar-refractivity contribution in [3.05, 3.63) is 0 Å². The first kappa shape index (κ1) is 15.0. The van der Waals surface area contributed by atoms with Crippen molar-refractivity contribution >= 4 is 11.9 Å². The zero-order valence-corrected chi connectivity index (χ0v) is 11.0. The molecular formula is C13H24N2O3. The van der Waals surface area contributed by atoms with Gasteiger partial charge in [0.25, 0.3) is 0 Å². The molecule has 18 heavy (non-hydrogen) atoms. The number of carbonyl (C=O) groups excluding carboxylic acids is 1. The van der Waals surface area contributed by atoms with Crippen LogP contribution in [0.4, 0.5) is 0 Å². The van der Waals surface area contributed by atoms with Crippen LogP contribution in [0.15, 0.2) is 0 Å². The van der Waals surface area contributed by atoms with E-state index < -0.39 is 5.97 Å². The molecule has 0 heterocycles. The number of carboxylic acid groups (broad SMARTS) is 1. The quantitative estimate of drug-likeness (QED) is 0.667. The van der Waals surface area contributed by atoms with Crippen molar-refractivity contribution in [2.75, 3.05) is 0 Å². The molecular weight excluding hydrogens is 232 g/mol. The van der Waals surface area contributed by atoms with Gasteiger partial charge in [0.15, 0.2) is 0 Å². The van der Waals surface area contributed by atoms with E-state index in [4.69, 9.17) is 10.8 Å². The van der Waals surface area contributed by atoms with Crippen LogP contribution in [-0.4, -0.2) is 29.1 Å². The molecule has 5 heteroatoms. The minimum absolute atomic E-state index is 0.0201. The third kappa shape index (κ3) is 5.49. The molecule has 1 aliphatic rings. The lowest BCUT2D eigenvalue weighted by atomic mass is 9.85. The van der Waals surface area contributed by atoms with Gasteiger partial charge in [-0.25, -0.2) is 0 Å². The average Bonchev–Trinajstić information content (AvgIpc) is 2.28. The Labute approximate surface area is 108 Å². The molecule has 0 spiro atoms. The summed E-state index contributed by atoms with van der Waals surface area (Å²) in [6.45, 7) is 1.93. The lowest BCUT2D eigenvalue weighted by Crippen LogP contribution is -2.39. The van der Waals surface area contributed by atoms with Crippen molar-refractivity contribution in [3.63, 3.8) is 0 Å². The summed E-state index contributed by atoms with van der Waals surface area (Å²) in [5, 5.41) is 11.9. The molecule has 3 unspecified atom stereocenters. The molecule has 0 aliphatic heterocycles. The Balaban J connectivity index is 2.24. The molecule has 0 bridgehead atoms. The summed E-state index contributed by atoms with van der Waals surface area (Å²) in [6, 6.07) is 0.159. The Kier molecular flexibility index (Phi) is 6.12. The van der Waals surface area contributed by atoms with E-state index >= 15 is 0 Å². The zero-order valence-electron chi connectivity index (χ0n) is 11.0. The number of rotatable bonds is 6. The smallest absolute Gasteiger partial charge is 0.306 e. The van der Waals surface area contributed by atoms with E-state index in [2.05, 4.69) is 5.32 Å². The molecule has 3 atom stereocenters. The van der Waals surface area contributed by atoms with Crippen molar-refractivity contribution < 1.29 is 14.7 Å². The normalized spacial score (nSPS) is 25.4. The van der Waals surface area contributed by atoms with E-state index in [0.29, 0.717) is 12.8 Å². The Morgan fingerprint density at radius 2 is 2.17 bits per heavy atom. The van der Waals surface area contributed by atoms with Gasteiger partial charge in [-0.1, -0.05) is 6.42 Å². The van der Waals surface area contributed by atoms with Gasteiger partial charge in [0.2, 0.25) is 5.91 Å². The van der Waals surface area contributed by atoms with Crippen LogP contribution >= 0.6 is 0 Å². The van der Waals surface area contributed by atoms with Crippen LogP contribution in [0.1, 0.15) is 51.9 Å². The van der Waals surface area contributed by atoms with E-state index in [-0.39, 0.29) is 23.9 Å². The first-order valence-corrected chi connectivity index (χ1v) is 6.76. The third-order valence-electron chi connectivity index (χ3n) is 3.45. The van der Waals surface area contributed by atoms with Gasteiger partial charge in [0, 0.05) is 18.5 Å². The van der Waals surface area contributed by atoms with Crippen LogP contribution in [0, 0.1) is 5.92 Å². The second kappa shape index (κ2) is 7.36. The van der Waals surface area contributed by atoms with Crippen molar-refractivity contribution in [1.82, 2.24) is 5.32 Å². The maximum absolute atomic E-state index is 11.7. The molecule has 1 rings (SSSR count). The molecule has 1 aliphatic carbocycles. The monoisotopic (exact) mass is 256 g/mol. The van der Waals surface area contributed by atoms with Gasteiger partial charge in [-0.3, -0.25) is 9.59 Å². The number of hydrogen-bond donors (Lipinski definition) is 3. The molecule has 0 radical (unpaired) electrons. The lowest BCUT2D eigenvalue weighted by molar-refractivity contribution is -0.143. The van der Waals surface area contributed by atoms with E-state index in [1.807, 2.05) is 6.92 Å². The van der Waals surface area contributed by atoms with Gasteiger partial charge in [-0.15, -0.1) is 0 Å². The first-order chi connectivity index (χ1) is 8.49. The molecule has 0 aromatic heterocycles. The molecule has 0 saturated heterocycles. The molecule has 104 valence electrons. The molecule has 1 fully saturated rings. The summed E-state index contributed by atoms with van der Waals surface area (Å²) in [5.74, 6) is -1.02. The standard InChI is InChI=1S/C13H24N2O3/c1-9(14)4-2-7-12(16)15-11-6-3-5-10(8-11)13(17)18/h9-11H,2-8,14H2,1H3,(H,15,16)(H,17,18). The lowest BCUT2D eigenvalue weighted by Gasteiger charge is -2.27. The minimum atomic E-state index is -0.745. The van der Waals surface area contributed by atoms with Crippen molar-refractivity contribution in [3.8, 4) is 0 Å². The predicted octanol–water partition coefficient (Wildman–Crippen LogP) is 1.26. The summed E-state index contributed by atoms with van der Waals surface area (Å²) in [7, 11) is 0. The second-order valence-corrected chi connectivity index (χ2v) is 5.34. The first-order valence-electron chi connectivity index (χ1n) is 6.76. The molecule has 1 amide bonds. The van der Waals surface area contributed by atoms with Crippen LogP contribution in [0.5, 0.6) is 0 Å². The number of aliphatic carboxylic acids is 1. The van der Waals surface area contributed by atoms with Crippen molar-refractivity contribution in [2.24, 2.45) is 11.7 Å². The summed E-state index contributed by atoms with van der Waals surface area (Å²) in [4.78, 5) is 22.6. The zero-order chi connectivity index (χ0) is 13.5. The number of amides is 1. The maximum atomic E-state index is 11.7. The van der Waals surface area contributed by atoms with Crippen LogP contribution in [0.3, 0.4) is 0 Å². The van der Waals surface area contributed by atoms with Crippen molar-refractivity contribution in [2.45, 2.75) is 64.0 Å². The Bertz CT molecular complexity index is 292.